The number of halogens is 1. The van der Waals surface area contributed by atoms with E-state index in [2.05, 4.69) is 20.4 Å². The highest BCUT2D eigenvalue weighted by Crippen LogP contribution is 2.36. The lowest BCUT2D eigenvalue weighted by atomic mass is 10.00. The van der Waals surface area contributed by atoms with Crippen molar-refractivity contribution in [1.82, 2.24) is 34.3 Å². The number of nitrogens with two attached hydrogens (primary N) is 1. The van der Waals surface area contributed by atoms with Crippen molar-refractivity contribution in [2.45, 2.75) is 13.1 Å². The molecule has 0 saturated heterocycles. The van der Waals surface area contributed by atoms with E-state index in [1.54, 1.807) is 47.1 Å². The van der Waals surface area contributed by atoms with E-state index in [0.29, 0.717) is 32.7 Å². The number of aromatic nitrogens is 7. The number of H-pyrrole nitrogens is 1. The maximum Gasteiger partial charge on any atom is 0.272 e. The minimum Gasteiger partial charge on any atom is -0.325 e. The summed E-state index contributed by atoms with van der Waals surface area (Å²) in [4.78, 5) is 24.6. The van der Waals surface area contributed by atoms with Crippen molar-refractivity contribution >= 4 is 22.4 Å². The van der Waals surface area contributed by atoms with Crippen molar-refractivity contribution in [3.63, 3.8) is 0 Å². The molecule has 11 heteroatoms. The second-order valence-corrected chi connectivity index (χ2v) is 8.31. The van der Waals surface area contributed by atoms with Gasteiger partial charge in [0.2, 0.25) is 0 Å². The Labute approximate surface area is 198 Å². The molecule has 34 heavy (non-hydrogen) atoms. The zero-order chi connectivity index (χ0) is 24.0. The van der Waals surface area contributed by atoms with E-state index in [4.69, 9.17) is 17.3 Å². The van der Waals surface area contributed by atoms with Crippen LogP contribution in [0.3, 0.4) is 0 Å². The van der Waals surface area contributed by atoms with Gasteiger partial charge < -0.3 is 10.3 Å². The smallest absolute Gasteiger partial charge is 0.272 e. The average molecular weight is 477 g/mol. The van der Waals surface area contributed by atoms with Crippen molar-refractivity contribution in [3.05, 3.63) is 86.0 Å². The molecule has 0 atom stereocenters. The Morgan fingerprint density at radius 2 is 1.85 bits per heavy atom. The van der Waals surface area contributed by atoms with Crippen molar-refractivity contribution in [2.24, 2.45) is 19.8 Å². The molecule has 10 nitrogen and oxygen atoms in total. The average Bonchev–Trinajstić information content (AvgIpc) is 3.38. The van der Waals surface area contributed by atoms with E-state index in [9.17, 15) is 9.59 Å². The molecule has 4 aromatic heterocycles. The summed E-state index contributed by atoms with van der Waals surface area (Å²) in [5.74, 6) is 0. The summed E-state index contributed by atoms with van der Waals surface area (Å²) >= 11 is 6.73. The maximum absolute atomic E-state index is 12.4. The Morgan fingerprint density at radius 1 is 1.06 bits per heavy atom. The van der Waals surface area contributed by atoms with Crippen LogP contribution in [0.25, 0.3) is 33.2 Å². The minimum absolute atomic E-state index is 0.104. The van der Waals surface area contributed by atoms with Gasteiger partial charge in [0.05, 0.1) is 41.3 Å². The molecule has 3 N–H and O–H groups in total. The fraction of sp³-hybridized carbons (Fsp3) is 0.174. The van der Waals surface area contributed by atoms with Gasteiger partial charge in [-0.2, -0.15) is 15.3 Å². The van der Waals surface area contributed by atoms with Crippen LogP contribution in [0, 0.1) is 0 Å². The van der Waals surface area contributed by atoms with Gasteiger partial charge in [0.1, 0.15) is 5.15 Å². The summed E-state index contributed by atoms with van der Waals surface area (Å²) < 4.78 is 4.82. The molecular weight excluding hydrogens is 456 g/mol. The molecule has 0 fully saturated rings. The molecule has 0 aliphatic carbocycles. The minimum atomic E-state index is -0.276. The number of rotatable bonds is 5. The first-order chi connectivity index (χ1) is 16.4. The van der Waals surface area contributed by atoms with Gasteiger partial charge in [0, 0.05) is 43.4 Å². The number of nitrogens with one attached hydrogen (secondary N) is 1. The molecule has 172 valence electrons. The molecule has 0 aliphatic rings. The molecule has 5 rings (SSSR count). The van der Waals surface area contributed by atoms with Crippen molar-refractivity contribution in [2.75, 3.05) is 0 Å². The fourth-order valence-corrected chi connectivity index (χ4v) is 4.33. The second kappa shape index (κ2) is 8.40. The lowest BCUT2D eigenvalue weighted by Gasteiger charge is -2.09. The van der Waals surface area contributed by atoms with E-state index in [-0.39, 0.29) is 24.2 Å². The zero-order valence-electron chi connectivity index (χ0n) is 18.5. The zero-order valence-corrected chi connectivity index (χ0v) is 19.2. The van der Waals surface area contributed by atoms with Crippen LogP contribution in [-0.2, 0) is 27.2 Å². The number of hydrogen-bond acceptors (Lipinski definition) is 6. The number of pyridine rings is 1. The number of benzene rings is 1. The van der Waals surface area contributed by atoms with Gasteiger partial charge in [0.15, 0.2) is 0 Å². The van der Waals surface area contributed by atoms with Crippen LogP contribution in [0.1, 0.15) is 11.3 Å². The third-order valence-corrected chi connectivity index (χ3v) is 6.26. The van der Waals surface area contributed by atoms with Crippen molar-refractivity contribution in [3.8, 4) is 22.4 Å². The predicted octanol–water partition coefficient (Wildman–Crippen LogP) is 2.05. The standard InChI is InChI=1S/C23H21ClN8O2/c1-30-7-3-4-14(23(30)34)12-32-21(24)18(11-27-32)20-17(10-26-31(20)2)13-5-6-15-16(8-13)19(9-25)28-29-22(15)33/h3-8,10-11H,9,12,25H2,1-2H3,(H,29,33). The number of nitrogens with zero attached hydrogens (tertiary/aromatic N) is 6. The Bertz CT molecular complexity index is 1660. The number of hydrogen-bond donors (Lipinski definition) is 2. The van der Waals surface area contributed by atoms with Gasteiger partial charge in [-0.3, -0.25) is 14.3 Å². The van der Waals surface area contributed by atoms with E-state index in [0.717, 1.165) is 16.8 Å². The summed E-state index contributed by atoms with van der Waals surface area (Å²) in [7, 11) is 3.52. The van der Waals surface area contributed by atoms with Gasteiger partial charge in [-0.1, -0.05) is 23.7 Å². The highest BCUT2D eigenvalue weighted by atomic mass is 35.5. The molecule has 0 unspecified atom stereocenters. The van der Waals surface area contributed by atoms with Crippen LogP contribution in [-0.4, -0.2) is 34.3 Å². The summed E-state index contributed by atoms with van der Waals surface area (Å²) in [6.45, 7) is 0.429. The van der Waals surface area contributed by atoms with Crippen molar-refractivity contribution in [1.29, 1.82) is 0 Å². The van der Waals surface area contributed by atoms with Gasteiger partial charge in [-0.15, -0.1) is 0 Å². The third kappa shape index (κ3) is 3.53. The SMILES string of the molecule is Cn1ncc(-c2ccc3c(=O)[nH]nc(CN)c3c2)c1-c1cnn(Cc2cccn(C)c2=O)c1Cl. The first-order valence-electron chi connectivity index (χ1n) is 10.5. The largest absolute Gasteiger partial charge is 0.325 e. The maximum atomic E-state index is 12.4. The Hall–Kier alpha value is -4.02. The third-order valence-electron chi connectivity index (χ3n) is 5.86. The molecule has 0 bridgehead atoms. The van der Waals surface area contributed by atoms with Crippen LogP contribution in [0.2, 0.25) is 5.15 Å². The molecule has 0 saturated carbocycles. The Morgan fingerprint density at radius 3 is 2.65 bits per heavy atom. The van der Waals surface area contributed by atoms with Crippen LogP contribution in [0.15, 0.2) is 58.5 Å². The lowest BCUT2D eigenvalue weighted by molar-refractivity contribution is 0.672. The quantitative estimate of drug-likeness (QED) is 0.399. The number of fused-ring (bicyclic) bond motifs is 1. The Balaban J connectivity index is 1.61. The number of aryl methyl sites for hydroxylation is 2. The second-order valence-electron chi connectivity index (χ2n) is 7.95. The molecule has 0 amide bonds. The fourth-order valence-electron chi connectivity index (χ4n) is 4.09. The van der Waals surface area contributed by atoms with E-state index < -0.39 is 0 Å². The van der Waals surface area contributed by atoms with Gasteiger partial charge >= 0.3 is 0 Å². The lowest BCUT2D eigenvalue weighted by Crippen LogP contribution is -2.22. The summed E-state index contributed by atoms with van der Waals surface area (Å²) in [6, 6.07) is 9.05. The topological polar surface area (TPSA) is 129 Å². The highest BCUT2D eigenvalue weighted by molar-refractivity contribution is 6.32. The van der Waals surface area contributed by atoms with E-state index in [1.165, 1.54) is 4.57 Å². The van der Waals surface area contributed by atoms with Crippen molar-refractivity contribution < 1.29 is 0 Å². The van der Waals surface area contributed by atoms with Crippen LogP contribution >= 0.6 is 11.6 Å². The molecular formula is C23H21ClN8O2. The Kier molecular flexibility index (Phi) is 5.39. The first-order valence-corrected chi connectivity index (χ1v) is 10.9. The molecule has 0 aliphatic heterocycles. The highest BCUT2D eigenvalue weighted by Gasteiger charge is 2.20. The van der Waals surface area contributed by atoms with Crippen LogP contribution in [0.5, 0.6) is 0 Å². The van der Waals surface area contributed by atoms with Crippen LogP contribution < -0.4 is 16.9 Å². The van der Waals surface area contributed by atoms with E-state index in [1.807, 2.05) is 25.2 Å². The first kappa shape index (κ1) is 21.8. The monoisotopic (exact) mass is 476 g/mol. The summed E-state index contributed by atoms with van der Waals surface area (Å²) in [5, 5.41) is 17.0. The predicted molar refractivity (Wildman–Crippen MR) is 129 cm³/mol. The summed E-state index contributed by atoms with van der Waals surface area (Å²) in [5.41, 5.74) is 9.69. The molecule has 4 heterocycles. The van der Waals surface area contributed by atoms with Gasteiger partial charge in [-0.25, -0.2) is 9.78 Å². The number of aromatic amines is 1. The van der Waals surface area contributed by atoms with Crippen LogP contribution in [0.4, 0.5) is 0 Å². The molecule has 0 radical (unpaired) electrons. The van der Waals surface area contributed by atoms with Gasteiger partial charge in [0.25, 0.3) is 11.1 Å². The normalized spacial score (nSPS) is 11.4. The molecule has 5 aromatic rings. The molecule has 1 aromatic carbocycles. The van der Waals surface area contributed by atoms with E-state index >= 15 is 0 Å². The van der Waals surface area contributed by atoms with Gasteiger partial charge in [-0.05, 0) is 23.8 Å². The summed E-state index contributed by atoms with van der Waals surface area (Å²) in [6.07, 6.45) is 5.10. The molecule has 0 spiro atoms.